The first-order valence-corrected chi connectivity index (χ1v) is 9.12. The molecule has 0 saturated carbocycles. The second-order valence-corrected chi connectivity index (χ2v) is 7.07. The largest absolute Gasteiger partial charge is 0.465 e. The van der Waals surface area contributed by atoms with Crippen LogP contribution in [-0.4, -0.2) is 19.0 Å². The van der Waals surface area contributed by atoms with Crippen LogP contribution >= 0.6 is 11.3 Å². The van der Waals surface area contributed by atoms with E-state index in [1.165, 1.54) is 42.7 Å². The Labute approximate surface area is 160 Å². The third kappa shape index (κ3) is 4.23. The van der Waals surface area contributed by atoms with Crippen LogP contribution < -0.4 is 5.32 Å². The first-order chi connectivity index (χ1) is 13.0. The number of hydrogen-bond acceptors (Lipinski definition) is 4. The van der Waals surface area contributed by atoms with Crippen molar-refractivity contribution in [1.82, 2.24) is 0 Å². The molecule has 3 aromatic rings. The molecule has 1 heterocycles. The smallest absolute Gasteiger partial charge is 0.341 e. The van der Waals surface area contributed by atoms with E-state index in [4.69, 9.17) is 4.74 Å². The minimum atomic E-state index is -0.502. The summed E-state index contributed by atoms with van der Waals surface area (Å²) in [5, 5.41) is 3.20. The fourth-order valence-corrected chi connectivity index (χ4v) is 3.95. The summed E-state index contributed by atoms with van der Waals surface area (Å²) in [6.07, 6.45) is 0.647. The van der Waals surface area contributed by atoms with Gasteiger partial charge < -0.3 is 10.1 Å². The minimum Gasteiger partial charge on any atom is -0.465 e. The summed E-state index contributed by atoms with van der Waals surface area (Å²) in [5.74, 6) is -1.33. The maximum absolute atomic E-state index is 13.1. The van der Waals surface area contributed by atoms with Gasteiger partial charge in [-0.05, 0) is 42.3 Å². The quantitative estimate of drug-likeness (QED) is 0.643. The van der Waals surface area contributed by atoms with Crippen molar-refractivity contribution in [3.05, 3.63) is 87.5 Å². The molecule has 0 fully saturated rings. The number of ether oxygens (including phenoxy) is 1. The van der Waals surface area contributed by atoms with Gasteiger partial charge >= 0.3 is 5.97 Å². The predicted octanol–water partition coefficient (Wildman–Crippen LogP) is 4.83. The molecule has 6 heteroatoms. The Morgan fingerprint density at radius 1 is 1.07 bits per heavy atom. The van der Waals surface area contributed by atoms with Gasteiger partial charge in [-0.3, -0.25) is 4.79 Å². The lowest BCUT2D eigenvalue weighted by Gasteiger charge is -2.06. The maximum Gasteiger partial charge on any atom is 0.341 e. The molecule has 0 bridgehead atoms. The molecule has 4 nitrogen and oxygen atoms in total. The number of halogens is 1. The van der Waals surface area contributed by atoms with Gasteiger partial charge in [0.15, 0.2) is 0 Å². The Morgan fingerprint density at radius 2 is 1.74 bits per heavy atom. The van der Waals surface area contributed by atoms with E-state index in [9.17, 15) is 14.0 Å². The fourth-order valence-electron chi connectivity index (χ4n) is 2.72. The van der Waals surface area contributed by atoms with Crippen LogP contribution in [0.15, 0.2) is 54.6 Å². The van der Waals surface area contributed by atoms with Gasteiger partial charge in [-0.25, -0.2) is 9.18 Å². The molecule has 1 aromatic heterocycles. The Morgan fingerprint density at radius 3 is 2.37 bits per heavy atom. The number of amides is 1. The SMILES string of the molecule is COC(=O)c1c(NC(=O)c2ccc(F)cc2)sc(Cc2ccccc2)c1C. The second kappa shape index (κ2) is 8.14. The highest BCUT2D eigenvalue weighted by molar-refractivity contribution is 7.17. The van der Waals surface area contributed by atoms with Crippen molar-refractivity contribution in [2.24, 2.45) is 0 Å². The van der Waals surface area contributed by atoms with Gasteiger partial charge in [0.05, 0.1) is 12.7 Å². The van der Waals surface area contributed by atoms with Gasteiger partial charge in [-0.1, -0.05) is 30.3 Å². The van der Waals surface area contributed by atoms with E-state index < -0.39 is 17.7 Å². The average molecular weight is 383 g/mol. The van der Waals surface area contributed by atoms with Crippen LogP contribution in [0.2, 0.25) is 0 Å². The summed E-state index contributed by atoms with van der Waals surface area (Å²) < 4.78 is 18.0. The van der Waals surface area contributed by atoms with E-state index in [1.807, 2.05) is 37.3 Å². The molecule has 0 radical (unpaired) electrons. The number of anilines is 1. The van der Waals surface area contributed by atoms with Crippen LogP contribution in [0.1, 0.15) is 36.7 Å². The lowest BCUT2D eigenvalue weighted by molar-refractivity contribution is 0.0601. The molecule has 1 amide bonds. The predicted molar refractivity (Wildman–Crippen MR) is 104 cm³/mol. The molecular weight excluding hydrogens is 365 g/mol. The monoisotopic (exact) mass is 383 g/mol. The van der Waals surface area contributed by atoms with Gasteiger partial charge in [0, 0.05) is 16.9 Å². The van der Waals surface area contributed by atoms with Crippen LogP contribution in [0.3, 0.4) is 0 Å². The lowest BCUT2D eigenvalue weighted by Crippen LogP contribution is -2.14. The highest BCUT2D eigenvalue weighted by Gasteiger charge is 2.23. The normalized spacial score (nSPS) is 10.5. The van der Waals surface area contributed by atoms with Gasteiger partial charge in [-0.15, -0.1) is 11.3 Å². The number of carbonyl (C=O) groups is 2. The molecule has 1 N–H and O–H groups in total. The molecule has 0 aliphatic rings. The molecule has 2 aromatic carbocycles. The van der Waals surface area contributed by atoms with E-state index in [1.54, 1.807) is 0 Å². The molecular formula is C21H18FNO3S. The van der Waals surface area contributed by atoms with E-state index in [0.29, 0.717) is 22.5 Å². The van der Waals surface area contributed by atoms with Crippen molar-refractivity contribution in [3.63, 3.8) is 0 Å². The topological polar surface area (TPSA) is 55.4 Å². The van der Waals surface area contributed by atoms with Crippen molar-refractivity contribution in [3.8, 4) is 0 Å². The lowest BCUT2D eigenvalue weighted by atomic mass is 10.1. The Kier molecular flexibility index (Phi) is 5.66. The van der Waals surface area contributed by atoms with E-state index in [0.717, 1.165) is 16.0 Å². The van der Waals surface area contributed by atoms with Crippen LogP contribution in [-0.2, 0) is 11.2 Å². The van der Waals surface area contributed by atoms with Gasteiger partial charge in [-0.2, -0.15) is 0 Å². The minimum absolute atomic E-state index is 0.308. The summed E-state index contributed by atoms with van der Waals surface area (Å²) in [5.41, 5.74) is 2.55. The maximum atomic E-state index is 13.1. The third-order valence-electron chi connectivity index (χ3n) is 4.18. The van der Waals surface area contributed by atoms with Crippen molar-refractivity contribution >= 4 is 28.2 Å². The zero-order valence-corrected chi connectivity index (χ0v) is 15.7. The number of carbonyl (C=O) groups excluding carboxylic acids is 2. The zero-order valence-electron chi connectivity index (χ0n) is 14.9. The first kappa shape index (κ1) is 18.8. The van der Waals surface area contributed by atoms with Gasteiger partial charge in [0.2, 0.25) is 0 Å². The molecule has 0 spiro atoms. The molecule has 0 aliphatic heterocycles. The number of nitrogens with one attached hydrogen (secondary N) is 1. The van der Waals surface area contributed by atoms with Crippen molar-refractivity contribution in [2.75, 3.05) is 12.4 Å². The Hall–Kier alpha value is -2.99. The van der Waals surface area contributed by atoms with E-state index in [2.05, 4.69) is 5.32 Å². The summed E-state index contributed by atoms with van der Waals surface area (Å²) in [7, 11) is 1.31. The van der Waals surface area contributed by atoms with Crippen LogP contribution in [0.25, 0.3) is 0 Å². The summed E-state index contributed by atoms with van der Waals surface area (Å²) in [4.78, 5) is 25.7. The zero-order chi connectivity index (χ0) is 19.4. The molecule has 138 valence electrons. The second-order valence-electron chi connectivity index (χ2n) is 5.97. The number of benzene rings is 2. The molecule has 0 atom stereocenters. The fraction of sp³-hybridized carbons (Fsp3) is 0.143. The number of methoxy groups -OCH3 is 1. The number of thiophene rings is 1. The van der Waals surface area contributed by atoms with E-state index >= 15 is 0 Å². The Balaban J connectivity index is 1.93. The first-order valence-electron chi connectivity index (χ1n) is 8.31. The van der Waals surface area contributed by atoms with Crippen molar-refractivity contribution in [1.29, 1.82) is 0 Å². The summed E-state index contributed by atoms with van der Waals surface area (Å²) in [6.45, 7) is 1.84. The number of hydrogen-bond donors (Lipinski definition) is 1. The van der Waals surface area contributed by atoms with Crippen LogP contribution in [0.5, 0.6) is 0 Å². The average Bonchev–Trinajstić information content (AvgIpc) is 2.97. The third-order valence-corrected chi connectivity index (χ3v) is 5.38. The molecule has 0 unspecified atom stereocenters. The summed E-state index contributed by atoms with van der Waals surface area (Å²) >= 11 is 1.34. The van der Waals surface area contributed by atoms with E-state index in [-0.39, 0.29) is 0 Å². The standard InChI is InChI=1S/C21H18FNO3S/c1-13-17(12-14-6-4-3-5-7-14)27-20(18(13)21(25)26-2)23-19(24)15-8-10-16(22)11-9-15/h3-11H,12H2,1-2H3,(H,23,24). The molecule has 0 aliphatic carbocycles. The van der Waals surface area contributed by atoms with Gasteiger partial charge in [0.25, 0.3) is 5.91 Å². The molecule has 27 heavy (non-hydrogen) atoms. The van der Waals surface area contributed by atoms with Crippen molar-refractivity contribution in [2.45, 2.75) is 13.3 Å². The molecule has 3 rings (SSSR count). The van der Waals surface area contributed by atoms with Gasteiger partial charge in [0.1, 0.15) is 10.8 Å². The highest BCUT2D eigenvalue weighted by Crippen LogP contribution is 2.35. The number of rotatable bonds is 5. The molecule has 0 saturated heterocycles. The highest BCUT2D eigenvalue weighted by atomic mass is 32.1. The van der Waals surface area contributed by atoms with Crippen molar-refractivity contribution < 1.29 is 18.7 Å². The summed E-state index contributed by atoms with van der Waals surface area (Å²) in [6, 6.07) is 15.1. The Bertz CT molecular complexity index is 965. The number of esters is 1. The van der Waals surface area contributed by atoms with Crippen LogP contribution in [0, 0.1) is 12.7 Å². The van der Waals surface area contributed by atoms with Crippen LogP contribution in [0.4, 0.5) is 9.39 Å².